The van der Waals surface area contributed by atoms with E-state index in [1.807, 2.05) is 10.9 Å². The monoisotopic (exact) mass is 596 g/mol. The molecule has 1 N–H and O–H groups in total. The van der Waals surface area contributed by atoms with Crippen LogP contribution in [0.25, 0.3) is 0 Å². The molecule has 0 spiro atoms. The van der Waals surface area contributed by atoms with Gasteiger partial charge in [0.25, 0.3) is 0 Å². The third-order valence-electron chi connectivity index (χ3n) is 8.64. The molecule has 224 valence electrons. The van der Waals surface area contributed by atoms with E-state index < -0.39 is 22.2 Å². The summed E-state index contributed by atoms with van der Waals surface area (Å²) in [7, 11) is -2.40. The number of alkyl halides is 1. The summed E-state index contributed by atoms with van der Waals surface area (Å²) in [5.74, 6) is 0.205. The molecule has 1 aromatic heterocycles. The van der Waals surface area contributed by atoms with Crippen molar-refractivity contribution in [1.29, 1.82) is 0 Å². The summed E-state index contributed by atoms with van der Waals surface area (Å²) in [6.07, 6.45) is 5.43. The highest BCUT2D eigenvalue weighted by atomic mass is 32.2. The lowest BCUT2D eigenvalue weighted by molar-refractivity contribution is -0.126. The third kappa shape index (κ3) is 5.93. The minimum atomic E-state index is -3.92. The molecule has 2 aromatic carbocycles. The van der Waals surface area contributed by atoms with Gasteiger partial charge in [0.1, 0.15) is 18.0 Å². The maximum Gasteiger partial charge on any atom is 0.243 e. The van der Waals surface area contributed by atoms with E-state index in [9.17, 15) is 17.6 Å². The fraction of sp³-hybridized carbons (Fsp3) is 0.500. The van der Waals surface area contributed by atoms with E-state index in [0.29, 0.717) is 24.3 Å². The van der Waals surface area contributed by atoms with E-state index in [1.54, 1.807) is 12.1 Å². The zero-order valence-electron chi connectivity index (χ0n) is 23.8. The Balaban J connectivity index is 1.18. The molecular formula is C30H37FN6O4S. The number of likely N-dealkylation sites (tertiary alicyclic amines) is 1. The van der Waals surface area contributed by atoms with Gasteiger partial charge in [-0.1, -0.05) is 23.4 Å². The Morgan fingerprint density at radius 2 is 1.86 bits per heavy atom. The van der Waals surface area contributed by atoms with Crippen LogP contribution in [-0.2, 0) is 34.2 Å². The van der Waals surface area contributed by atoms with Gasteiger partial charge < -0.3 is 10.1 Å². The zero-order valence-corrected chi connectivity index (χ0v) is 24.6. The van der Waals surface area contributed by atoms with Crippen molar-refractivity contribution < 1.29 is 22.3 Å². The van der Waals surface area contributed by atoms with Gasteiger partial charge in [0, 0.05) is 45.3 Å². The lowest BCUT2D eigenvalue weighted by Crippen LogP contribution is -2.57. The molecule has 2 fully saturated rings. The number of carbonyl (C=O) groups is 1. The second-order valence-corrected chi connectivity index (χ2v) is 13.3. The van der Waals surface area contributed by atoms with Crippen molar-refractivity contribution in [1.82, 2.24) is 29.5 Å². The first-order chi connectivity index (χ1) is 20.3. The number of methoxy groups -OCH3 is 1. The van der Waals surface area contributed by atoms with Crippen molar-refractivity contribution in [2.75, 3.05) is 33.3 Å². The number of piperidine rings is 1. The predicted molar refractivity (Wildman–Crippen MR) is 154 cm³/mol. The Bertz CT molecular complexity index is 1520. The summed E-state index contributed by atoms with van der Waals surface area (Å²) >= 11 is 0. The number of piperazine rings is 1. The number of rotatable bonds is 8. The number of fused-ring (bicyclic) bond motifs is 1. The Morgan fingerprint density at radius 3 is 2.62 bits per heavy atom. The van der Waals surface area contributed by atoms with Gasteiger partial charge in [-0.25, -0.2) is 17.5 Å². The number of amides is 1. The van der Waals surface area contributed by atoms with Gasteiger partial charge in [-0.05, 0) is 73.1 Å². The van der Waals surface area contributed by atoms with Crippen LogP contribution in [0, 0.1) is 0 Å². The average Bonchev–Trinajstić information content (AvgIpc) is 3.47. The number of nitrogens with one attached hydrogen (secondary N) is 1. The van der Waals surface area contributed by atoms with Crippen LogP contribution in [0.15, 0.2) is 53.6 Å². The maximum absolute atomic E-state index is 13.5. The molecule has 2 aliphatic heterocycles. The molecule has 42 heavy (non-hydrogen) atoms. The molecule has 3 aliphatic rings. The molecule has 0 bridgehead atoms. The minimum absolute atomic E-state index is 0.0191. The summed E-state index contributed by atoms with van der Waals surface area (Å²) in [5.41, 5.74) is 4.31. The van der Waals surface area contributed by atoms with Gasteiger partial charge >= 0.3 is 0 Å². The number of benzene rings is 2. The maximum atomic E-state index is 13.5. The van der Waals surface area contributed by atoms with Gasteiger partial charge in [0.2, 0.25) is 15.9 Å². The third-order valence-corrected chi connectivity index (χ3v) is 10.6. The van der Waals surface area contributed by atoms with Crippen molar-refractivity contribution >= 4 is 15.9 Å². The second kappa shape index (κ2) is 12.1. The molecule has 1 amide bonds. The molecule has 3 heterocycles. The molecule has 12 heteroatoms. The highest BCUT2D eigenvalue weighted by molar-refractivity contribution is 7.89. The quantitative estimate of drug-likeness (QED) is 0.426. The van der Waals surface area contributed by atoms with Crippen LogP contribution in [0.1, 0.15) is 54.1 Å². The topological polar surface area (TPSA) is 110 Å². The molecular weight excluding hydrogens is 559 g/mol. The normalized spacial score (nSPS) is 22.5. The second-order valence-electron chi connectivity index (χ2n) is 11.4. The molecule has 10 nitrogen and oxygen atoms in total. The number of aryl methyl sites for hydroxylation is 1. The number of hydrogen-bond donors (Lipinski definition) is 1. The van der Waals surface area contributed by atoms with Crippen molar-refractivity contribution in [2.45, 2.75) is 68.2 Å². The van der Waals surface area contributed by atoms with E-state index in [-0.39, 0.29) is 36.4 Å². The van der Waals surface area contributed by atoms with E-state index in [2.05, 4.69) is 38.7 Å². The zero-order chi connectivity index (χ0) is 29.3. The van der Waals surface area contributed by atoms with Gasteiger partial charge in [0.05, 0.1) is 23.7 Å². The standard InChI is InChI=1S/C30H37FN6O4S/c1-41-25-6-8-26(9-7-25)42(39,40)37-16-13-32-30(38)29(37)18-24-20-36(34-33-24)28-4-2-3-22-17-21(5-10-27(22)28)19-35-14-11-23(31)12-15-35/h5-10,17,20,23,28-29H,2-4,11-16,18-19H2,1H3,(H,32,38)/t28-,29?/m1/s1. The average molecular weight is 597 g/mol. The van der Waals surface area contributed by atoms with Crippen LogP contribution in [0.3, 0.4) is 0 Å². The van der Waals surface area contributed by atoms with Crippen LogP contribution in [0.2, 0.25) is 0 Å². The predicted octanol–water partition coefficient (Wildman–Crippen LogP) is 2.88. The van der Waals surface area contributed by atoms with Crippen LogP contribution < -0.4 is 10.1 Å². The molecule has 0 radical (unpaired) electrons. The number of carbonyl (C=O) groups excluding carboxylic acids is 1. The molecule has 1 aliphatic carbocycles. The van der Waals surface area contributed by atoms with Gasteiger partial charge in [-0.2, -0.15) is 4.31 Å². The first-order valence-corrected chi connectivity index (χ1v) is 16.1. The number of ether oxygens (including phenoxy) is 1. The van der Waals surface area contributed by atoms with E-state index >= 15 is 0 Å². The Hall–Kier alpha value is -3.35. The van der Waals surface area contributed by atoms with Crippen molar-refractivity contribution in [3.05, 3.63) is 71.0 Å². The minimum Gasteiger partial charge on any atom is -0.497 e. The summed E-state index contributed by atoms with van der Waals surface area (Å²) < 4.78 is 48.9. The first kappa shape index (κ1) is 28.8. The summed E-state index contributed by atoms with van der Waals surface area (Å²) in [5, 5.41) is 11.6. The molecule has 3 aromatic rings. The van der Waals surface area contributed by atoms with E-state index in [0.717, 1.165) is 38.9 Å². The van der Waals surface area contributed by atoms with Gasteiger partial charge in [0.15, 0.2) is 0 Å². The molecule has 6 rings (SSSR count). The fourth-order valence-electron chi connectivity index (χ4n) is 6.35. The summed E-state index contributed by atoms with van der Waals surface area (Å²) in [4.78, 5) is 15.4. The molecule has 2 atom stereocenters. The van der Waals surface area contributed by atoms with Crippen molar-refractivity contribution in [2.24, 2.45) is 0 Å². The number of sulfonamides is 1. The Kier molecular flexibility index (Phi) is 8.28. The number of hydrogen-bond acceptors (Lipinski definition) is 7. The number of nitrogens with zero attached hydrogens (tertiary/aromatic N) is 5. The number of halogens is 1. The number of aromatic nitrogens is 3. The molecule has 1 unspecified atom stereocenters. The SMILES string of the molecule is COc1ccc(S(=O)(=O)N2CCNC(=O)C2Cc2cn([C@@H]3CCCc4cc(CN5CCC(F)CC5)ccc43)nn2)cc1. The summed E-state index contributed by atoms with van der Waals surface area (Å²) in [6, 6.07) is 11.9. The van der Waals surface area contributed by atoms with Crippen molar-refractivity contribution in [3.8, 4) is 5.75 Å². The van der Waals surface area contributed by atoms with Crippen LogP contribution in [0.4, 0.5) is 4.39 Å². The summed E-state index contributed by atoms with van der Waals surface area (Å²) in [6.45, 7) is 2.83. The lowest BCUT2D eigenvalue weighted by atomic mass is 9.86. The van der Waals surface area contributed by atoms with Crippen LogP contribution in [0.5, 0.6) is 5.75 Å². The van der Waals surface area contributed by atoms with E-state index in [4.69, 9.17) is 4.74 Å². The van der Waals surface area contributed by atoms with Gasteiger partial charge in [-0.3, -0.25) is 9.69 Å². The lowest BCUT2D eigenvalue weighted by Gasteiger charge is -2.33. The largest absolute Gasteiger partial charge is 0.497 e. The Labute approximate surface area is 245 Å². The highest BCUT2D eigenvalue weighted by Crippen LogP contribution is 2.34. The van der Waals surface area contributed by atoms with Crippen molar-refractivity contribution in [3.63, 3.8) is 0 Å². The fourth-order valence-corrected chi connectivity index (χ4v) is 7.94. The van der Waals surface area contributed by atoms with Crippen LogP contribution >= 0.6 is 0 Å². The molecule has 0 saturated carbocycles. The Morgan fingerprint density at radius 1 is 1.07 bits per heavy atom. The smallest absolute Gasteiger partial charge is 0.243 e. The first-order valence-electron chi connectivity index (χ1n) is 14.6. The van der Waals surface area contributed by atoms with Gasteiger partial charge in [-0.15, -0.1) is 5.10 Å². The molecule has 2 saturated heterocycles. The van der Waals surface area contributed by atoms with E-state index in [1.165, 1.54) is 40.2 Å². The van der Waals surface area contributed by atoms with Crippen LogP contribution in [-0.4, -0.2) is 84.0 Å². The highest BCUT2D eigenvalue weighted by Gasteiger charge is 2.39.